The fraction of sp³-hybridized carbons (Fsp3) is 0.889. The Labute approximate surface area is 159 Å². The Morgan fingerprint density at radius 1 is 0.708 bits per heavy atom. The molecule has 0 bridgehead atoms. The monoisotopic (exact) mass is 386 g/mol. The van der Waals surface area contributed by atoms with Crippen LogP contribution in [0.3, 0.4) is 0 Å². The number of aliphatic carboxylic acids is 2. The zero-order valence-electron chi connectivity index (χ0n) is 15.2. The van der Waals surface area contributed by atoms with Crippen LogP contribution < -0.4 is 0 Å². The second-order valence-electron chi connectivity index (χ2n) is 6.72. The summed E-state index contributed by atoms with van der Waals surface area (Å²) in [5.41, 5.74) is 0. The first-order valence-corrected chi connectivity index (χ1v) is 8.87. The van der Waals surface area contributed by atoms with E-state index in [-0.39, 0.29) is 24.8 Å². The molecule has 0 aromatic carbocycles. The lowest BCUT2D eigenvalue weighted by Crippen LogP contribution is -2.13. The van der Waals surface area contributed by atoms with Crippen molar-refractivity contribution >= 4 is 36.8 Å². The molecular weight excluding hydrogens is 351 g/mol. The molecule has 0 rings (SSSR count). The summed E-state index contributed by atoms with van der Waals surface area (Å²) in [6, 6.07) is 0. The van der Waals surface area contributed by atoms with Crippen molar-refractivity contribution < 1.29 is 19.8 Å². The fourth-order valence-corrected chi connectivity index (χ4v) is 2.82. The maximum atomic E-state index is 10.8. The number of carboxylic acid groups (broad SMARTS) is 2. The Bertz CT molecular complexity index is 309. The molecule has 0 saturated carbocycles. The fourth-order valence-electron chi connectivity index (χ4n) is 2.82. The van der Waals surface area contributed by atoms with Crippen molar-refractivity contribution in [3.05, 3.63) is 0 Å². The summed E-state index contributed by atoms with van der Waals surface area (Å²) in [6.45, 7) is 4.22. The van der Waals surface area contributed by atoms with Gasteiger partial charge in [-0.1, -0.05) is 65.2 Å². The number of rotatable bonds is 15. The molecule has 4 nitrogen and oxygen atoms in total. The maximum absolute atomic E-state index is 10.8. The highest BCUT2D eigenvalue weighted by atomic mass is 35.5. The van der Waals surface area contributed by atoms with Crippen molar-refractivity contribution in [2.75, 3.05) is 0 Å². The SMILES string of the molecule is CC(C)C(CCCCCCCCCCCC(=O)O)CC(=O)O.Cl.Cl. The Kier molecular flexibility index (Phi) is 22.3. The van der Waals surface area contributed by atoms with Crippen molar-refractivity contribution in [2.45, 2.75) is 90.9 Å². The van der Waals surface area contributed by atoms with E-state index in [1.807, 2.05) is 0 Å². The van der Waals surface area contributed by atoms with E-state index in [0.717, 1.165) is 32.1 Å². The van der Waals surface area contributed by atoms with Crippen LogP contribution in [-0.4, -0.2) is 22.2 Å². The predicted molar refractivity (Wildman–Crippen MR) is 103 cm³/mol. The van der Waals surface area contributed by atoms with Crippen LogP contribution in [0.15, 0.2) is 0 Å². The molecule has 0 amide bonds. The summed E-state index contributed by atoms with van der Waals surface area (Å²) in [7, 11) is 0. The highest BCUT2D eigenvalue weighted by Crippen LogP contribution is 2.22. The predicted octanol–water partition coefficient (Wildman–Crippen LogP) is 5.95. The molecule has 0 spiro atoms. The van der Waals surface area contributed by atoms with Crippen LogP contribution in [0.1, 0.15) is 90.9 Å². The van der Waals surface area contributed by atoms with Gasteiger partial charge in [-0.3, -0.25) is 9.59 Å². The molecule has 0 aliphatic carbocycles. The van der Waals surface area contributed by atoms with Gasteiger partial charge in [-0.15, -0.1) is 24.8 Å². The van der Waals surface area contributed by atoms with Crippen LogP contribution in [-0.2, 0) is 9.59 Å². The van der Waals surface area contributed by atoms with Crippen LogP contribution in [0.5, 0.6) is 0 Å². The number of carboxylic acids is 2. The smallest absolute Gasteiger partial charge is 0.303 e. The standard InChI is InChI=1S/C18H34O4.2ClH/c1-15(2)16(14-18(21)22)12-10-8-6-4-3-5-7-9-11-13-17(19)20;;/h15-16H,3-14H2,1-2H3,(H,19,20)(H,21,22);2*1H. The van der Waals surface area contributed by atoms with E-state index >= 15 is 0 Å². The van der Waals surface area contributed by atoms with Gasteiger partial charge >= 0.3 is 11.9 Å². The number of hydrogen-bond donors (Lipinski definition) is 2. The molecule has 0 aromatic heterocycles. The lowest BCUT2D eigenvalue weighted by atomic mass is 9.87. The molecule has 0 aliphatic heterocycles. The summed E-state index contributed by atoms with van der Waals surface area (Å²) < 4.78 is 0. The van der Waals surface area contributed by atoms with Crippen molar-refractivity contribution in [3.8, 4) is 0 Å². The van der Waals surface area contributed by atoms with Crippen molar-refractivity contribution in [3.63, 3.8) is 0 Å². The molecule has 1 atom stereocenters. The van der Waals surface area contributed by atoms with Gasteiger partial charge in [0.25, 0.3) is 0 Å². The third-order valence-corrected chi connectivity index (χ3v) is 4.35. The minimum atomic E-state index is -0.692. The van der Waals surface area contributed by atoms with Crippen molar-refractivity contribution in [1.82, 2.24) is 0 Å². The van der Waals surface area contributed by atoms with Gasteiger partial charge in [-0.2, -0.15) is 0 Å². The highest BCUT2D eigenvalue weighted by molar-refractivity contribution is 5.85. The lowest BCUT2D eigenvalue weighted by Gasteiger charge is -2.18. The van der Waals surface area contributed by atoms with E-state index in [1.165, 1.54) is 32.1 Å². The molecule has 0 radical (unpaired) electrons. The van der Waals surface area contributed by atoms with Gasteiger partial charge in [0, 0.05) is 12.8 Å². The number of hydrogen-bond acceptors (Lipinski definition) is 2. The molecule has 0 saturated heterocycles. The summed E-state index contributed by atoms with van der Waals surface area (Å²) in [4.78, 5) is 21.2. The molecule has 24 heavy (non-hydrogen) atoms. The molecule has 0 aliphatic rings. The van der Waals surface area contributed by atoms with E-state index in [2.05, 4.69) is 13.8 Å². The second kappa shape index (κ2) is 18.9. The summed E-state index contributed by atoms with van der Waals surface area (Å²) in [6.07, 6.45) is 11.8. The van der Waals surface area contributed by atoms with E-state index < -0.39 is 11.9 Å². The third kappa shape index (κ3) is 19.6. The number of carbonyl (C=O) groups is 2. The van der Waals surface area contributed by atoms with Gasteiger partial charge in [0.2, 0.25) is 0 Å². The average molecular weight is 387 g/mol. The first-order valence-electron chi connectivity index (χ1n) is 8.87. The van der Waals surface area contributed by atoms with Gasteiger partial charge in [-0.25, -0.2) is 0 Å². The van der Waals surface area contributed by atoms with E-state index in [0.29, 0.717) is 24.7 Å². The first-order chi connectivity index (χ1) is 10.4. The van der Waals surface area contributed by atoms with Crippen LogP contribution in [0.4, 0.5) is 0 Å². The third-order valence-electron chi connectivity index (χ3n) is 4.35. The summed E-state index contributed by atoms with van der Waals surface area (Å²) in [5.74, 6) is -0.613. The molecular formula is C18H36Cl2O4. The minimum absolute atomic E-state index is 0. The topological polar surface area (TPSA) is 74.6 Å². The van der Waals surface area contributed by atoms with Crippen molar-refractivity contribution in [1.29, 1.82) is 0 Å². The zero-order valence-corrected chi connectivity index (χ0v) is 16.8. The van der Waals surface area contributed by atoms with Crippen LogP contribution in [0.25, 0.3) is 0 Å². The molecule has 6 heteroatoms. The van der Waals surface area contributed by atoms with E-state index in [9.17, 15) is 9.59 Å². The summed E-state index contributed by atoms with van der Waals surface area (Å²) in [5, 5.41) is 17.4. The lowest BCUT2D eigenvalue weighted by molar-refractivity contribution is -0.139. The highest BCUT2D eigenvalue weighted by Gasteiger charge is 2.16. The van der Waals surface area contributed by atoms with Crippen molar-refractivity contribution in [2.24, 2.45) is 11.8 Å². The Morgan fingerprint density at radius 2 is 1.12 bits per heavy atom. The van der Waals surface area contributed by atoms with Crippen LogP contribution in [0.2, 0.25) is 0 Å². The van der Waals surface area contributed by atoms with Gasteiger partial charge in [0.1, 0.15) is 0 Å². The molecule has 0 fully saturated rings. The Morgan fingerprint density at radius 3 is 1.50 bits per heavy atom. The average Bonchev–Trinajstić information content (AvgIpc) is 2.42. The van der Waals surface area contributed by atoms with Crippen LogP contribution >= 0.6 is 24.8 Å². The quantitative estimate of drug-likeness (QED) is 0.340. The molecule has 2 N–H and O–H groups in total. The normalized spacial score (nSPS) is 11.5. The second-order valence-corrected chi connectivity index (χ2v) is 6.72. The molecule has 146 valence electrons. The van der Waals surface area contributed by atoms with Gasteiger partial charge in [-0.05, 0) is 24.7 Å². The first kappa shape index (κ1) is 28.3. The number of unbranched alkanes of at least 4 members (excludes halogenated alkanes) is 8. The van der Waals surface area contributed by atoms with Crippen LogP contribution in [0, 0.1) is 11.8 Å². The Hall–Kier alpha value is -0.480. The van der Waals surface area contributed by atoms with Gasteiger partial charge in [0.15, 0.2) is 0 Å². The number of halogens is 2. The van der Waals surface area contributed by atoms with Gasteiger partial charge < -0.3 is 10.2 Å². The van der Waals surface area contributed by atoms with E-state index in [1.54, 1.807) is 0 Å². The molecule has 0 heterocycles. The largest absolute Gasteiger partial charge is 0.481 e. The van der Waals surface area contributed by atoms with E-state index in [4.69, 9.17) is 10.2 Å². The molecule has 0 aromatic rings. The maximum Gasteiger partial charge on any atom is 0.303 e. The zero-order chi connectivity index (χ0) is 16.8. The Balaban J connectivity index is -0.00000220. The minimum Gasteiger partial charge on any atom is -0.481 e. The van der Waals surface area contributed by atoms with Gasteiger partial charge in [0.05, 0.1) is 0 Å². The summed E-state index contributed by atoms with van der Waals surface area (Å²) >= 11 is 0. The molecule has 1 unspecified atom stereocenters.